The maximum atomic E-state index is 2.34. The molecule has 7 aromatic carbocycles. The molecule has 0 amide bonds. The maximum absolute atomic E-state index is 2.34. The monoisotopic (exact) mass is 538 g/mol. The molecule has 7 rings (SSSR count). The van der Waals surface area contributed by atoms with E-state index in [1.165, 1.54) is 21.9 Å². The molecule has 7 aromatic rings. The van der Waals surface area contributed by atoms with Crippen LogP contribution in [0.1, 0.15) is 0 Å². The SMILES string of the molecule is c1ccc(N(c2ccccc2)c2ccc(-c3cccc4c(N(c5ccccc5)c5ccccc5)cccc34)cc2)cc1. The van der Waals surface area contributed by atoms with Crippen LogP contribution >= 0.6 is 0 Å². The molecule has 0 bridgehead atoms. The summed E-state index contributed by atoms with van der Waals surface area (Å²) in [6.07, 6.45) is 0. The Hall–Kier alpha value is -5.60. The number of anilines is 6. The molecule has 2 heteroatoms. The summed E-state index contributed by atoms with van der Waals surface area (Å²) in [4.78, 5) is 4.63. The fourth-order valence-corrected chi connectivity index (χ4v) is 5.71. The van der Waals surface area contributed by atoms with Crippen LogP contribution in [0.4, 0.5) is 34.1 Å². The van der Waals surface area contributed by atoms with E-state index in [2.05, 4.69) is 192 Å². The van der Waals surface area contributed by atoms with Crippen molar-refractivity contribution in [2.75, 3.05) is 9.80 Å². The van der Waals surface area contributed by atoms with Gasteiger partial charge in [0.15, 0.2) is 0 Å². The third-order valence-corrected chi connectivity index (χ3v) is 7.63. The van der Waals surface area contributed by atoms with E-state index in [1.54, 1.807) is 0 Å². The quantitative estimate of drug-likeness (QED) is 0.199. The Kier molecular flexibility index (Phi) is 6.94. The molecule has 0 fully saturated rings. The van der Waals surface area contributed by atoms with Crippen molar-refractivity contribution in [1.82, 2.24) is 0 Å². The van der Waals surface area contributed by atoms with Gasteiger partial charge in [-0.15, -0.1) is 0 Å². The summed E-state index contributed by atoms with van der Waals surface area (Å²) in [5.74, 6) is 0. The first-order valence-corrected chi connectivity index (χ1v) is 14.3. The normalized spacial score (nSPS) is 10.9. The second-order valence-electron chi connectivity index (χ2n) is 10.2. The average Bonchev–Trinajstić information content (AvgIpc) is 3.07. The van der Waals surface area contributed by atoms with Crippen LogP contribution < -0.4 is 9.80 Å². The summed E-state index contributed by atoms with van der Waals surface area (Å²) in [6.45, 7) is 0. The summed E-state index contributed by atoms with van der Waals surface area (Å²) in [7, 11) is 0. The molecule has 0 saturated carbocycles. The van der Waals surface area contributed by atoms with E-state index < -0.39 is 0 Å². The molecule has 0 aliphatic heterocycles. The lowest BCUT2D eigenvalue weighted by Gasteiger charge is -2.27. The minimum absolute atomic E-state index is 1.12. The predicted molar refractivity (Wildman–Crippen MR) is 179 cm³/mol. The minimum Gasteiger partial charge on any atom is -0.311 e. The van der Waals surface area contributed by atoms with E-state index in [9.17, 15) is 0 Å². The summed E-state index contributed by atoms with van der Waals surface area (Å²) >= 11 is 0. The molecule has 0 radical (unpaired) electrons. The van der Waals surface area contributed by atoms with Crippen LogP contribution in [0.15, 0.2) is 182 Å². The van der Waals surface area contributed by atoms with Crippen molar-refractivity contribution in [1.29, 1.82) is 0 Å². The van der Waals surface area contributed by atoms with E-state index in [-0.39, 0.29) is 0 Å². The molecular formula is C40H30N2. The summed E-state index contributed by atoms with van der Waals surface area (Å²) in [5, 5.41) is 2.43. The van der Waals surface area contributed by atoms with Gasteiger partial charge in [0.2, 0.25) is 0 Å². The fraction of sp³-hybridized carbons (Fsp3) is 0. The van der Waals surface area contributed by atoms with Crippen molar-refractivity contribution in [3.05, 3.63) is 182 Å². The Labute approximate surface area is 247 Å². The molecule has 2 nitrogen and oxygen atoms in total. The van der Waals surface area contributed by atoms with Crippen LogP contribution in [-0.4, -0.2) is 0 Å². The lowest BCUT2D eigenvalue weighted by atomic mass is 9.96. The molecule has 0 aliphatic rings. The van der Waals surface area contributed by atoms with Gasteiger partial charge in [0, 0.05) is 33.8 Å². The lowest BCUT2D eigenvalue weighted by molar-refractivity contribution is 1.28. The summed E-state index contributed by atoms with van der Waals surface area (Å²) < 4.78 is 0. The number of hydrogen-bond donors (Lipinski definition) is 0. The number of hydrogen-bond acceptors (Lipinski definition) is 2. The van der Waals surface area contributed by atoms with Crippen molar-refractivity contribution in [3.8, 4) is 11.1 Å². The molecule has 0 heterocycles. The van der Waals surface area contributed by atoms with E-state index >= 15 is 0 Å². The molecular weight excluding hydrogens is 508 g/mol. The van der Waals surface area contributed by atoms with Crippen LogP contribution in [0.2, 0.25) is 0 Å². The third kappa shape index (κ3) is 4.91. The Morgan fingerprint density at radius 3 is 1.17 bits per heavy atom. The molecule has 0 N–H and O–H groups in total. The van der Waals surface area contributed by atoms with Gasteiger partial charge in [-0.3, -0.25) is 0 Å². The number of nitrogens with zero attached hydrogens (tertiary/aromatic N) is 2. The molecule has 200 valence electrons. The highest BCUT2D eigenvalue weighted by Gasteiger charge is 2.17. The van der Waals surface area contributed by atoms with E-state index in [1.807, 2.05) is 0 Å². The van der Waals surface area contributed by atoms with Crippen LogP contribution in [-0.2, 0) is 0 Å². The second-order valence-corrected chi connectivity index (χ2v) is 10.2. The van der Waals surface area contributed by atoms with Crippen molar-refractivity contribution in [2.24, 2.45) is 0 Å². The van der Waals surface area contributed by atoms with E-state index in [0.717, 1.165) is 34.1 Å². The van der Waals surface area contributed by atoms with Crippen LogP contribution in [0, 0.1) is 0 Å². The van der Waals surface area contributed by atoms with Gasteiger partial charge in [-0.25, -0.2) is 0 Å². The highest BCUT2D eigenvalue weighted by atomic mass is 15.1. The Balaban J connectivity index is 1.32. The Bertz CT molecular complexity index is 1820. The van der Waals surface area contributed by atoms with Gasteiger partial charge < -0.3 is 9.80 Å². The second kappa shape index (κ2) is 11.5. The Morgan fingerprint density at radius 1 is 0.262 bits per heavy atom. The fourth-order valence-electron chi connectivity index (χ4n) is 5.71. The molecule has 0 aromatic heterocycles. The van der Waals surface area contributed by atoms with Gasteiger partial charge in [0.1, 0.15) is 0 Å². The first kappa shape index (κ1) is 25.4. The zero-order chi connectivity index (χ0) is 28.1. The van der Waals surface area contributed by atoms with Gasteiger partial charge >= 0.3 is 0 Å². The molecule has 0 aliphatic carbocycles. The highest BCUT2D eigenvalue weighted by Crippen LogP contribution is 2.41. The van der Waals surface area contributed by atoms with Gasteiger partial charge in [-0.05, 0) is 83.2 Å². The van der Waals surface area contributed by atoms with Gasteiger partial charge in [0.05, 0.1) is 5.69 Å². The minimum atomic E-state index is 1.12. The number of benzene rings is 7. The van der Waals surface area contributed by atoms with Crippen molar-refractivity contribution in [2.45, 2.75) is 0 Å². The van der Waals surface area contributed by atoms with Crippen LogP contribution in [0.5, 0.6) is 0 Å². The zero-order valence-electron chi connectivity index (χ0n) is 23.2. The third-order valence-electron chi connectivity index (χ3n) is 7.63. The zero-order valence-corrected chi connectivity index (χ0v) is 23.2. The van der Waals surface area contributed by atoms with Crippen molar-refractivity contribution >= 4 is 44.9 Å². The standard InChI is InChI=1S/C40H30N2/c1-5-15-32(16-6-1)41(33-17-7-2-8-18-33)36-29-27-31(28-30-36)37-23-13-25-39-38(37)24-14-26-40(39)42(34-19-9-3-10-20-34)35-21-11-4-12-22-35/h1-30H. The van der Waals surface area contributed by atoms with Gasteiger partial charge in [-0.2, -0.15) is 0 Å². The summed E-state index contributed by atoms with van der Waals surface area (Å²) in [6, 6.07) is 64.4. The van der Waals surface area contributed by atoms with Crippen molar-refractivity contribution in [3.63, 3.8) is 0 Å². The average molecular weight is 539 g/mol. The molecule has 0 spiro atoms. The molecule has 0 saturated heterocycles. The van der Waals surface area contributed by atoms with Crippen molar-refractivity contribution < 1.29 is 0 Å². The number of para-hydroxylation sites is 4. The summed E-state index contributed by atoms with van der Waals surface area (Å²) in [5.41, 5.74) is 9.21. The largest absolute Gasteiger partial charge is 0.311 e. The molecule has 0 unspecified atom stereocenters. The predicted octanol–water partition coefficient (Wildman–Crippen LogP) is 11.4. The van der Waals surface area contributed by atoms with Crippen LogP contribution in [0.25, 0.3) is 21.9 Å². The van der Waals surface area contributed by atoms with E-state index in [0.29, 0.717) is 0 Å². The first-order valence-electron chi connectivity index (χ1n) is 14.3. The first-order chi connectivity index (χ1) is 20.9. The smallest absolute Gasteiger partial charge is 0.0540 e. The topological polar surface area (TPSA) is 6.48 Å². The number of rotatable bonds is 7. The van der Waals surface area contributed by atoms with Gasteiger partial charge in [-0.1, -0.05) is 115 Å². The highest BCUT2D eigenvalue weighted by molar-refractivity contribution is 6.05. The molecule has 0 atom stereocenters. The van der Waals surface area contributed by atoms with E-state index in [4.69, 9.17) is 0 Å². The maximum Gasteiger partial charge on any atom is 0.0540 e. The van der Waals surface area contributed by atoms with Gasteiger partial charge in [0.25, 0.3) is 0 Å². The Morgan fingerprint density at radius 2 is 0.667 bits per heavy atom. The number of fused-ring (bicyclic) bond motifs is 1. The molecule has 42 heavy (non-hydrogen) atoms. The van der Waals surface area contributed by atoms with Crippen LogP contribution in [0.3, 0.4) is 0 Å². The lowest BCUT2D eigenvalue weighted by Crippen LogP contribution is -2.10.